The molecular formula is C18H20N2O5S. The van der Waals surface area contributed by atoms with E-state index in [0.29, 0.717) is 28.7 Å². The molecule has 0 spiro atoms. The molecule has 0 saturated carbocycles. The van der Waals surface area contributed by atoms with Gasteiger partial charge in [-0.2, -0.15) is 0 Å². The van der Waals surface area contributed by atoms with Crippen LogP contribution in [0.1, 0.15) is 10.4 Å². The van der Waals surface area contributed by atoms with Crippen LogP contribution in [0.3, 0.4) is 0 Å². The quantitative estimate of drug-likeness (QED) is 0.751. The Bertz CT molecular complexity index is 788. The molecule has 0 atom stereocenters. The van der Waals surface area contributed by atoms with Crippen LogP contribution in [-0.4, -0.2) is 39.5 Å². The molecule has 0 radical (unpaired) electrons. The highest BCUT2D eigenvalue weighted by molar-refractivity contribution is 7.80. The molecule has 1 amide bonds. The number of benzene rings is 2. The van der Waals surface area contributed by atoms with Gasteiger partial charge in [0.1, 0.15) is 28.6 Å². The Hall–Kier alpha value is -3.00. The van der Waals surface area contributed by atoms with Crippen LogP contribution >= 0.6 is 12.2 Å². The van der Waals surface area contributed by atoms with Gasteiger partial charge in [-0.1, -0.05) is 6.07 Å². The van der Waals surface area contributed by atoms with E-state index < -0.39 is 5.91 Å². The first kappa shape index (κ1) is 19.3. The Morgan fingerprint density at radius 2 is 1.50 bits per heavy atom. The predicted octanol–water partition coefficient (Wildman–Crippen LogP) is 2.85. The summed E-state index contributed by atoms with van der Waals surface area (Å²) in [6, 6.07) is 10.3. The lowest BCUT2D eigenvalue weighted by Crippen LogP contribution is -2.34. The summed E-state index contributed by atoms with van der Waals surface area (Å²) in [4.78, 5) is 12.6. The standard InChI is InChI=1S/C18H20N2O5S/c1-22-11-8-9-12(15(10-11)25-4)19-18(26)20-17(21)16-13(23-2)6-5-7-14(16)24-3/h5-10H,1-4H3,(H2,19,20,21,26). The van der Waals surface area contributed by atoms with Crippen molar-refractivity contribution in [2.75, 3.05) is 33.8 Å². The molecule has 2 N–H and O–H groups in total. The molecule has 0 aliphatic rings. The molecule has 8 heteroatoms. The summed E-state index contributed by atoms with van der Waals surface area (Å²) >= 11 is 5.23. The van der Waals surface area contributed by atoms with Gasteiger partial charge in [0.25, 0.3) is 5.91 Å². The number of rotatable bonds is 6. The molecule has 0 aliphatic heterocycles. The molecule has 0 unspecified atom stereocenters. The molecule has 0 heterocycles. The van der Waals surface area contributed by atoms with Gasteiger partial charge >= 0.3 is 0 Å². The van der Waals surface area contributed by atoms with Crippen molar-refractivity contribution in [1.82, 2.24) is 5.32 Å². The summed E-state index contributed by atoms with van der Waals surface area (Å²) in [5, 5.41) is 5.64. The van der Waals surface area contributed by atoms with Crippen molar-refractivity contribution in [3.05, 3.63) is 42.0 Å². The highest BCUT2D eigenvalue weighted by atomic mass is 32.1. The van der Waals surface area contributed by atoms with Gasteiger partial charge in [0, 0.05) is 6.07 Å². The number of nitrogens with one attached hydrogen (secondary N) is 2. The highest BCUT2D eigenvalue weighted by Crippen LogP contribution is 2.30. The largest absolute Gasteiger partial charge is 0.497 e. The normalized spacial score (nSPS) is 9.85. The second kappa shape index (κ2) is 8.91. The molecule has 2 aromatic carbocycles. The van der Waals surface area contributed by atoms with Crippen LogP contribution in [-0.2, 0) is 0 Å². The summed E-state index contributed by atoms with van der Waals surface area (Å²) in [5.41, 5.74) is 0.842. The minimum Gasteiger partial charge on any atom is -0.497 e. The van der Waals surface area contributed by atoms with Crippen LogP contribution < -0.4 is 29.6 Å². The molecule has 0 aromatic heterocycles. The van der Waals surface area contributed by atoms with Crippen molar-refractivity contribution < 1.29 is 23.7 Å². The molecular weight excluding hydrogens is 356 g/mol. The Kier molecular flexibility index (Phi) is 6.62. The molecule has 138 valence electrons. The van der Waals surface area contributed by atoms with Crippen LogP contribution in [0.25, 0.3) is 0 Å². The molecule has 7 nitrogen and oxygen atoms in total. The van der Waals surface area contributed by atoms with E-state index in [1.54, 1.807) is 43.5 Å². The molecule has 26 heavy (non-hydrogen) atoms. The van der Waals surface area contributed by atoms with Crippen molar-refractivity contribution in [2.45, 2.75) is 0 Å². The van der Waals surface area contributed by atoms with E-state index in [1.165, 1.54) is 21.3 Å². The summed E-state index contributed by atoms with van der Waals surface area (Å²) in [5.74, 6) is 1.47. The van der Waals surface area contributed by atoms with Crippen molar-refractivity contribution in [3.8, 4) is 23.0 Å². The number of ether oxygens (including phenoxy) is 4. The maximum Gasteiger partial charge on any atom is 0.264 e. The van der Waals surface area contributed by atoms with E-state index in [0.717, 1.165) is 0 Å². The number of hydrogen-bond acceptors (Lipinski definition) is 6. The van der Waals surface area contributed by atoms with Gasteiger partial charge in [-0.05, 0) is 36.5 Å². The summed E-state index contributed by atoms with van der Waals surface area (Å²) < 4.78 is 20.9. The van der Waals surface area contributed by atoms with Crippen LogP contribution in [0.4, 0.5) is 5.69 Å². The van der Waals surface area contributed by atoms with Crippen molar-refractivity contribution in [3.63, 3.8) is 0 Å². The van der Waals surface area contributed by atoms with E-state index >= 15 is 0 Å². The lowest BCUT2D eigenvalue weighted by Gasteiger charge is -2.15. The maximum atomic E-state index is 12.6. The minimum atomic E-state index is -0.454. The first-order valence-electron chi connectivity index (χ1n) is 7.59. The van der Waals surface area contributed by atoms with Crippen LogP contribution in [0.15, 0.2) is 36.4 Å². The smallest absolute Gasteiger partial charge is 0.264 e. The molecule has 0 saturated heterocycles. The summed E-state index contributed by atoms with van der Waals surface area (Å²) in [7, 11) is 6.04. The molecule has 2 aromatic rings. The minimum absolute atomic E-state index is 0.103. The van der Waals surface area contributed by atoms with E-state index in [-0.39, 0.29) is 10.7 Å². The lowest BCUT2D eigenvalue weighted by atomic mass is 10.1. The molecule has 0 bridgehead atoms. The number of hydrogen-bond donors (Lipinski definition) is 2. The Morgan fingerprint density at radius 1 is 0.885 bits per heavy atom. The number of anilines is 1. The van der Waals surface area contributed by atoms with Gasteiger partial charge in [-0.3, -0.25) is 10.1 Å². The van der Waals surface area contributed by atoms with Gasteiger partial charge in [-0.15, -0.1) is 0 Å². The average Bonchev–Trinajstić information content (AvgIpc) is 2.67. The van der Waals surface area contributed by atoms with Gasteiger partial charge in [0.2, 0.25) is 0 Å². The van der Waals surface area contributed by atoms with Crippen LogP contribution in [0, 0.1) is 0 Å². The zero-order valence-corrected chi connectivity index (χ0v) is 15.7. The van der Waals surface area contributed by atoms with E-state index in [4.69, 9.17) is 31.2 Å². The van der Waals surface area contributed by atoms with Crippen molar-refractivity contribution in [2.24, 2.45) is 0 Å². The van der Waals surface area contributed by atoms with Crippen LogP contribution in [0.2, 0.25) is 0 Å². The SMILES string of the molecule is COc1ccc(NC(=S)NC(=O)c2c(OC)cccc2OC)c(OC)c1. The zero-order chi connectivity index (χ0) is 19.1. The fraction of sp³-hybridized carbons (Fsp3) is 0.222. The van der Waals surface area contributed by atoms with Gasteiger partial charge in [0.15, 0.2) is 5.11 Å². The molecule has 0 fully saturated rings. The van der Waals surface area contributed by atoms with Crippen molar-refractivity contribution in [1.29, 1.82) is 0 Å². The topological polar surface area (TPSA) is 78.1 Å². The first-order chi connectivity index (χ1) is 12.5. The van der Waals surface area contributed by atoms with E-state index in [9.17, 15) is 4.79 Å². The summed E-state index contributed by atoms with van der Waals surface area (Å²) in [6.45, 7) is 0. The van der Waals surface area contributed by atoms with Gasteiger partial charge in [0.05, 0.1) is 34.1 Å². The second-order valence-corrected chi connectivity index (χ2v) is 5.42. The second-order valence-electron chi connectivity index (χ2n) is 5.01. The number of thiocarbonyl (C=S) groups is 1. The van der Waals surface area contributed by atoms with E-state index in [1.807, 2.05) is 0 Å². The third-order valence-corrected chi connectivity index (χ3v) is 3.74. The Balaban J connectivity index is 2.17. The maximum absolute atomic E-state index is 12.6. The Morgan fingerprint density at radius 3 is 2.04 bits per heavy atom. The van der Waals surface area contributed by atoms with Gasteiger partial charge in [-0.25, -0.2) is 0 Å². The third kappa shape index (κ3) is 4.34. The fourth-order valence-corrected chi connectivity index (χ4v) is 2.50. The third-order valence-electron chi connectivity index (χ3n) is 3.54. The number of amides is 1. The zero-order valence-electron chi connectivity index (χ0n) is 14.9. The Labute approximate surface area is 157 Å². The van der Waals surface area contributed by atoms with Crippen molar-refractivity contribution >= 4 is 28.9 Å². The number of carbonyl (C=O) groups excluding carboxylic acids is 1. The number of methoxy groups -OCH3 is 4. The molecule has 0 aliphatic carbocycles. The monoisotopic (exact) mass is 376 g/mol. The lowest BCUT2D eigenvalue weighted by molar-refractivity contribution is 0.0971. The van der Waals surface area contributed by atoms with E-state index in [2.05, 4.69) is 10.6 Å². The van der Waals surface area contributed by atoms with Crippen LogP contribution in [0.5, 0.6) is 23.0 Å². The summed E-state index contributed by atoms with van der Waals surface area (Å²) in [6.07, 6.45) is 0. The highest BCUT2D eigenvalue weighted by Gasteiger charge is 2.19. The first-order valence-corrected chi connectivity index (χ1v) is 8.00. The molecule has 2 rings (SSSR count). The average molecular weight is 376 g/mol. The number of carbonyl (C=O) groups is 1. The van der Waals surface area contributed by atoms with Gasteiger partial charge < -0.3 is 24.3 Å². The predicted molar refractivity (Wildman–Crippen MR) is 103 cm³/mol. The fourth-order valence-electron chi connectivity index (χ4n) is 2.30.